The summed E-state index contributed by atoms with van der Waals surface area (Å²) in [5.74, 6) is 1.90. The van der Waals surface area contributed by atoms with Gasteiger partial charge in [-0.2, -0.15) is 11.8 Å². The highest BCUT2D eigenvalue weighted by Gasteiger charge is 2.28. The van der Waals surface area contributed by atoms with Crippen molar-refractivity contribution in [1.29, 1.82) is 0 Å². The molecule has 2 aromatic carbocycles. The van der Waals surface area contributed by atoms with Crippen molar-refractivity contribution in [3.05, 3.63) is 59.7 Å². The van der Waals surface area contributed by atoms with Crippen LogP contribution in [0.2, 0.25) is 0 Å². The van der Waals surface area contributed by atoms with Crippen LogP contribution in [0.3, 0.4) is 0 Å². The van der Waals surface area contributed by atoms with Gasteiger partial charge in [-0.1, -0.05) is 29.8 Å². The van der Waals surface area contributed by atoms with Crippen LogP contribution in [0.5, 0.6) is 5.75 Å². The molecule has 6 nitrogen and oxygen atoms in total. The summed E-state index contributed by atoms with van der Waals surface area (Å²) in [4.78, 5) is 12.6. The van der Waals surface area contributed by atoms with E-state index in [0.717, 1.165) is 22.1 Å². The number of carbonyl (C=O) groups excluding carboxylic acids is 1. The molecule has 2 aromatic rings. The molecule has 29 heavy (non-hydrogen) atoms. The first-order valence-electron chi connectivity index (χ1n) is 9.27. The summed E-state index contributed by atoms with van der Waals surface area (Å²) in [5, 5.41) is 2.83. The molecule has 0 heterocycles. The van der Waals surface area contributed by atoms with Gasteiger partial charge >= 0.3 is 0 Å². The molecule has 0 aliphatic carbocycles. The molecule has 0 aliphatic heterocycles. The number of anilines is 1. The van der Waals surface area contributed by atoms with Crippen LogP contribution >= 0.6 is 11.8 Å². The number of sulfonamides is 1. The second kappa shape index (κ2) is 10.5. The summed E-state index contributed by atoms with van der Waals surface area (Å²) < 4.78 is 30.8. The fourth-order valence-corrected chi connectivity index (χ4v) is 4.90. The largest absolute Gasteiger partial charge is 0.497 e. The Morgan fingerprint density at radius 2 is 1.90 bits per heavy atom. The summed E-state index contributed by atoms with van der Waals surface area (Å²) >= 11 is 1.72. The van der Waals surface area contributed by atoms with E-state index in [1.165, 1.54) is 18.2 Å². The number of amides is 1. The van der Waals surface area contributed by atoms with Gasteiger partial charge in [0.05, 0.1) is 19.1 Å². The van der Waals surface area contributed by atoms with Gasteiger partial charge in [0.2, 0.25) is 15.9 Å². The van der Waals surface area contributed by atoms with Gasteiger partial charge in [0.25, 0.3) is 0 Å². The van der Waals surface area contributed by atoms with E-state index in [0.29, 0.717) is 18.0 Å². The molecule has 0 fully saturated rings. The maximum atomic E-state index is 12.6. The zero-order valence-electron chi connectivity index (χ0n) is 17.2. The number of hydrogen-bond donors (Lipinski definition) is 1. The zero-order chi connectivity index (χ0) is 21.4. The summed E-state index contributed by atoms with van der Waals surface area (Å²) in [5.41, 5.74) is 2.90. The molecular formula is C21H28N2O4S2. The predicted octanol–water partition coefficient (Wildman–Crippen LogP) is 3.21. The number of methoxy groups -OCH3 is 1. The Morgan fingerprint density at radius 1 is 1.21 bits per heavy atom. The molecule has 0 saturated heterocycles. The van der Waals surface area contributed by atoms with Gasteiger partial charge in [-0.15, -0.1) is 0 Å². The number of nitrogens with one attached hydrogen (secondary N) is 1. The predicted molar refractivity (Wildman–Crippen MR) is 120 cm³/mol. The Kier molecular flexibility index (Phi) is 8.40. The van der Waals surface area contributed by atoms with Gasteiger partial charge in [-0.3, -0.25) is 9.10 Å². The maximum absolute atomic E-state index is 12.6. The van der Waals surface area contributed by atoms with Crippen LogP contribution in [-0.2, 0) is 20.6 Å². The third kappa shape index (κ3) is 6.97. The van der Waals surface area contributed by atoms with Gasteiger partial charge < -0.3 is 10.1 Å². The molecule has 0 saturated carbocycles. The van der Waals surface area contributed by atoms with Crippen LogP contribution in [0.1, 0.15) is 18.1 Å². The van der Waals surface area contributed by atoms with Gasteiger partial charge in [-0.05, 0) is 43.7 Å². The number of nitrogens with zero attached hydrogens (tertiary/aromatic N) is 1. The molecular weight excluding hydrogens is 408 g/mol. The number of thioether (sulfide) groups is 1. The topological polar surface area (TPSA) is 75.7 Å². The van der Waals surface area contributed by atoms with E-state index in [2.05, 4.69) is 30.4 Å². The fraction of sp³-hybridized carbons (Fsp3) is 0.381. The quantitative estimate of drug-likeness (QED) is 0.579. The Bertz CT molecular complexity index is 915. The Labute approximate surface area is 177 Å². The summed E-state index contributed by atoms with van der Waals surface area (Å²) in [7, 11) is -2.09. The Morgan fingerprint density at radius 3 is 2.48 bits per heavy atom. The lowest BCUT2D eigenvalue weighted by Gasteiger charge is -2.28. The molecule has 1 N–H and O–H groups in total. The van der Waals surface area contributed by atoms with Crippen LogP contribution in [-0.4, -0.2) is 46.0 Å². The number of hydrogen-bond acceptors (Lipinski definition) is 5. The third-order valence-corrected chi connectivity index (χ3v) is 6.58. The molecule has 0 aromatic heterocycles. The molecule has 2 rings (SSSR count). The minimum atomic E-state index is -3.63. The minimum Gasteiger partial charge on any atom is -0.497 e. The SMILES string of the molecule is COc1ccc(N([C@H](C)C(=O)NCCSCc2cccc(C)c2)S(C)(=O)=O)cc1. The van der Waals surface area contributed by atoms with Crippen molar-refractivity contribution in [3.63, 3.8) is 0 Å². The van der Waals surface area contributed by atoms with Crippen molar-refractivity contribution in [3.8, 4) is 5.75 Å². The van der Waals surface area contributed by atoms with E-state index in [9.17, 15) is 13.2 Å². The average Bonchev–Trinajstić information content (AvgIpc) is 2.67. The van der Waals surface area contributed by atoms with Crippen LogP contribution in [0.15, 0.2) is 48.5 Å². The van der Waals surface area contributed by atoms with Crippen LogP contribution in [0, 0.1) is 6.92 Å². The minimum absolute atomic E-state index is 0.331. The van der Waals surface area contributed by atoms with E-state index in [1.54, 1.807) is 43.0 Å². The Hall–Kier alpha value is -2.19. The molecule has 1 atom stereocenters. The van der Waals surface area contributed by atoms with Crippen molar-refractivity contribution in [1.82, 2.24) is 5.32 Å². The highest BCUT2D eigenvalue weighted by molar-refractivity contribution is 7.98. The van der Waals surface area contributed by atoms with Crippen molar-refractivity contribution in [2.45, 2.75) is 25.6 Å². The summed E-state index contributed by atoms with van der Waals surface area (Å²) in [6, 6.07) is 14.1. The fourth-order valence-electron chi connectivity index (χ4n) is 2.92. The Balaban J connectivity index is 1.91. The molecule has 0 aliphatic rings. The van der Waals surface area contributed by atoms with Crippen molar-refractivity contribution in [2.75, 3.05) is 30.0 Å². The number of ether oxygens (including phenoxy) is 1. The smallest absolute Gasteiger partial charge is 0.243 e. The van der Waals surface area contributed by atoms with Gasteiger partial charge in [-0.25, -0.2) is 8.42 Å². The summed E-state index contributed by atoms with van der Waals surface area (Å²) in [6.45, 7) is 4.12. The highest BCUT2D eigenvalue weighted by Crippen LogP contribution is 2.23. The zero-order valence-corrected chi connectivity index (χ0v) is 18.8. The molecule has 0 bridgehead atoms. The first kappa shape index (κ1) is 23.1. The monoisotopic (exact) mass is 436 g/mol. The molecule has 0 unspecified atom stereocenters. The van der Waals surface area contributed by atoms with Crippen molar-refractivity contribution in [2.24, 2.45) is 0 Å². The standard InChI is InChI=1S/C21H28N2O4S2/c1-16-6-5-7-18(14-16)15-28-13-12-22-21(24)17(2)23(29(4,25)26)19-8-10-20(27-3)11-9-19/h5-11,14,17H,12-13,15H2,1-4H3,(H,22,24)/t17-/m1/s1. The van der Waals surface area contributed by atoms with E-state index < -0.39 is 16.1 Å². The first-order valence-corrected chi connectivity index (χ1v) is 12.3. The lowest BCUT2D eigenvalue weighted by Crippen LogP contribution is -2.48. The molecule has 0 spiro atoms. The maximum Gasteiger partial charge on any atom is 0.243 e. The van der Waals surface area contributed by atoms with Crippen LogP contribution < -0.4 is 14.4 Å². The molecule has 158 valence electrons. The second-order valence-electron chi connectivity index (χ2n) is 6.77. The van der Waals surface area contributed by atoms with Crippen molar-refractivity contribution >= 4 is 33.4 Å². The summed E-state index contributed by atoms with van der Waals surface area (Å²) in [6.07, 6.45) is 1.10. The van der Waals surface area contributed by atoms with Gasteiger partial charge in [0.1, 0.15) is 11.8 Å². The normalized spacial score (nSPS) is 12.3. The van der Waals surface area contributed by atoms with E-state index in [1.807, 2.05) is 6.07 Å². The molecule has 0 radical (unpaired) electrons. The van der Waals surface area contributed by atoms with Crippen molar-refractivity contribution < 1.29 is 17.9 Å². The number of aryl methyl sites for hydroxylation is 1. The number of rotatable bonds is 10. The van der Waals surface area contributed by atoms with Gasteiger partial charge in [0.15, 0.2) is 0 Å². The number of carbonyl (C=O) groups is 1. The highest BCUT2D eigenvalue weighted by atomic mass is 32.2. The number of benzene rings is 2. The lowest BCUT2D eigenvalue weighted by molar-refractivity contribution is -0.121. The van der Waals surface area contributed by atoms with E-state index >= 15 is 0 Å². The van der Waals surface area contributed by atoms with Crippen LogP contribution in [0.25, 0.3) is 0 Å². The van der Waals surface area contributed by atoms with E-state index in [4.69, 9.17) is 4.74 Å². The second-order valence-corrected chi connectivity index (χ2v) is 9.73. The van der Waals surface area contributed by atoms with Gasteiger partial charge in [0, 0.05) is 18.1 Å². The molecule has 1 amide bonds. The third-order valence-electron chi connectivity index (χ3n) is 4.31. The molecule has 8 heteroatoms. The van der Waals surface area contributed by atoms with Crippen LogP contribution in [0.4, 0.5) is 5.69 Å². The first-order chi connectivity index (χ1) is 13.7. The average molecular weight is 437 g/mol. The lowest BCUT2D eigenvalue weighted by atomic mass is 10.2. The van der Waals surface area contributed by atoms with E-state index in [-0.39, 0.29) is 5.91 Å².